The lowest BCUT2D eigenvalue weighted by Gasteiger charge is -2.37. The number of rotatable bonds is 5. The Morgan fingerprint density at radius 3 is 2.68 bits per heavy atom. The van der Waals surface area contributed by atoms with Crippen LogP contribution in [0.5, 0.6) is 0 Å². The minimum absolute atomic E-state index is 0.120. The molecular formula is C24H31N5O4S. The standard InChI is InChI=1S/C24H31N5O4S/c1-24(2,3)33-23(30)29-21-12-11-18(14-17(21)15-26-29)28(19-8-7-13-25-16-19)22-10-6-5-9-20(22)27-34(4,31)32/h5-6,9-12,14-15,19,25,27H,7-8,13,16H2,1-4H3. The summed E-state index contributed by atoms with van der Waals surface area (Å²) in [5.41, 5.74) is 2.17. The number of fused-ring (bicyclic) bond motifs is 1. The zero-order valence-corrected chi connectivity index (χ0v) is 20.7. The Labute approximate surface area is 200 Å². The molecule has 1 unspecified atom stereocenters. The Hall–Kier alpha value is -3.11. The number of hydrogen-bond donors (Lipinski definition) is 2. The summed E-state index contributed by atoms with van der Waals surface area (Å²) in [4.78, 5) is 14.8. The number of carbonyl (C=O) groups is 1. The summed E-state index contributed by atoms with van der Waals surface area (Å²) in [5, 5.41) is 8.48. The Bertz CT molecular complexity index is 1290. The van der Waals surface area contributed by atoms with Crippen LogP contribution in [-0.2, 0) is 14.8 Å². The normalized spacial score (nSPS) is 16.9. The second kappa shape index (κ2) is 9.27. The van der Waals surface area contributed by atoms with Crippen molar-refractivity contribution in [2.45, 2.75) is 45.3 Å². The predicted octanol–water partition coefficient (Wildman–Crippen LogP) is 4.08. The zero-order valence-electron chi connectivity index (χ0n) is 19.9. The molecule has 0 radical (unpaired) electrons. The van der Waals surface area contributed by atoms with Crippen LogP contribution in [0.25, 0.3) is 10.9 Å². The Kier molecular flexibility index (Phi) is 6.55. The fourth-order valence-corrected chi connectivity index (χ4v) is 4.76. The molecule has 0 saturated carbocycles. The number of anilines is 3. The first kappa shape index (κ1) is 24.0. The van der Waals surface area contributed by atoms with Crippen molar-refractivity contribution in [3.63, 3.8) is 0 Å². The number of piperidine rings is 1. The zero-order chi connectivity index (χ0) is 24.5. The lowest BCUT2D eigenvalue weighted by Crippen LogP contribution is -2.44. The van der Waals surface area contributed by atoms with Crippen molar-refractivity contribution >= 4 is 44.1 Å². The highest BCUT2D eigenvalue weighted by Crippen LogP contribution is 2.37. The van der Waals surface area contributed by atoms with Gasteiger partial charge >= 0.3 is 6.09 Å². The number of carbonyl (C=O) groups excluding carboxylic acids is 1. The van der Waals surface area contributed by atoms with E-state index in [9.17, 15) is 13.2 Å². The Morgan fingerprint density at radius 1 is 1.24 bits per heavy atom. The lowest BCUT2D eigenvalue weighted by atomic mass is 10.0. The quantitative estimate of drug-likeness (QED) is 0.561. The lowest BCUT2D eigenvalue weighted by molar-refractivity contribution is 0.0522. The van der Waals surface area contributed by atoms with Crippen LogP contribution in [-0.4, -0.2) is 55.3 Å². The van der Waals surface area contributed by atoms with Gasteiger partial charge in [0.1, 0.15) is 5.60 Å². The summed E-state index contributed by atoms with van der Waals surface area (Å²) in [5.74, 6) is 0. The van der Waals surface area contributed by atoms with Crippen LogP contribution in [0.3, 0.4) is 0 Å². The number of para-hydroxylation sites is 2. The van der Waals surface area contributed by atoms with Crippen molar-refractivity contribution < 1.29 is 17.9 Å². The average molecular weight is 486 g/mol. The van der Waals surface area contributed by atoms with Gasteiger partial charge in [0.25, 0.3) is 0 Å². The molecule has 0 amide bonds. The van der Waals surface area contributed by atoms with Gasteiger partial charge in [-0.2, -0.15) is 9.78 Å². The second-order valence-electron chi connectivity index (χ2n) is 9.54. The van der Waals surface area contributed by atoms with Crippen LogP contribution in [0.15, 0.2) is 48.7 Å². The van der Waals surface area contributed by atoms with E-state index in [0.717, 1.165) is 48.9 Å². The summed E-state index contributed by atoms with van der Waals surface area (Å²) in [7, 11) is -3.46. The van der Waals surface area contributed by atoms with E-state index < -0.39 is 21.7 Å². The van der Waals surface area contributed by atoms with Gasteiger partial charge in [-0.25, -0.2) is 13.2 Å². The number of ether oxygens (including phenoxy) is 1. The fourth-order valence-electron chi connectivity index (χ4n) is 4.19. The number of nitrogens with one attached hydrogen (secondary N) is 2. The van der Waals surface area contributed by atoms with Crippen molar-refractivity contribution in [2.24, 2.45) is 0 Å². The fraction of sp³-hybridized carbons (Fsp3) is 0.417. The third kappa shape index (κ3) is 5.51. The van der Waals surface area contributed by atoms with Gasteiger partial charge in [-0.3, -0.25) is 4.72 Å². The number of aromatic nitrogens is 2. The van der Waals surface area contributed by atoms with E-state index in [-0.39, 0.29) is 6.04 Å². The molecule has 1 aromatic heterocycles. The molecule has 9 nitrogen and oxygen atoms in total. The molecule has 1 saturated heterocycles. The van der Waals surface area contributed by atoms with Crippen LogP contribution in [0.2, 0.25) is 0 Å². The summed E-state index contributed by atoms with van der Waals surface area (Å²) < 4.78 is 33.4. The minimum Gasteiger partial charge on any atom is -0.442 e. The summed E-state index contributed by atoms with van der Waals surface area (Å²) in [6.07, 6.45) is 4.22. The highest BCUT2D eigenvalue weighted by Gasteiger charge is 2.26. The first-order chi connectivity index (χ1) is 16.0. The van der Waals surface area contributed by atoms with Crippen molar-refractivity contribution in [1.29, 1.82) is 0 Å². The average Bonchev–Trinajstić information content (AvgIpc) is 3.17. The van der Waals surface area contributed by atoms with E-state index in [1.807, 2.05) is 57.2 Å². The van der Waals surface area contributed by atoms with E-state index in [1.54, 1.807) is 12.3 Å². The predicted molar refractivity (Wildman–Crippen MR) is 134 cm³/mol. The van der Waals surface area contributed by atoms with E-state index in [0.29, 0.717) is 11.2 Å². The van der Waals surface area contributed by atoms with Gasteiger partial charge in [-0.15, -0.1) is 0 Å². The molecule has 2 heterocycles. The molecule has 2 N–H and O–H groups in total. The summed E-state index contributed by atoms with van der Waals surface area (Å²) in [6.45, 7) is 7.16. The summed E-state index contributed by atoms with van der Waals surface area (Å²) in [6, 6.07) is 13.2. The molecule has 34 heavy (non-hydrogen) atoms. The molecule has 1 aliphatic heterocycles. The molecule has 1 atom stereocenters. The number of nitrogens with zero attached hydrogens (tertiary/aromatic N) is 3. The van der Waals surface area contributed by atoms with Crippen molar-refractivity contribution in [2.75, 3.05) is 29.0 Å². The maximum absolute atomic E-state index is 12.6. The Balaban J connectivity index is 1.78. The number of benzene rings is 2. The van der Waals surface area contributed by atoms with Gasteiger partial charge in [0, 0.05) is 23.7 Å². The number of hydrogen-bond acceptors (Lipinski definition) is 7. The van der Waals surface area contributed by atoms with Gasteiger partial charge in [0.2, 0.25) is 10.0 Å². The van der Waals surface area contributed by atoms with Gasteiger partial charge in [0.15, 0.2) is 0 Å². The smallest absolute Gasteiger partial charge is 0.435 e. The summed E-state index contributed by atoms with van der Waals surface area (Å²) >= 11 is 0. The molecule has 3 aromatic rings. The molecule has 0 aliphatic carbocycles. The molecule has 4 rings (SSSR count). The van der Waals surface area contributed by atoms with Crippen LogP contribution in [0, 0.1) is 0 Å². The van der Waals surface area contributed by atoms with E-state index in [1.165, 1.54) is 4.68 Å². The van der Waals surface area contributed by atoms with Crippen LogP contribution < -0.4 is 14.9 Å². The molecule has 2 aromatic carbocycles. The van der Waals surface area contributed by atoms with Crippen LogP contribution in [0.4, 0.5) is 21.9 Å². The minimum atomic E-state index is -3.46. The van der Waals surface area contributed by atoms with Gasteiger partial charge < -0.3 is 15.0 Å². The van der Waals surface area contributed by atoms with Gasteiger partial charge in [-0.05, 0) is 70.5 Å². The second-order valence-corrected chi connectivity index (χ2v) is 11.3. The van der Waals surface area contributed by atoms with E-state index >= 15 is 0 Å². The number of sulfonamides is 1. The van der Waals surface area contributed by atoms with Crippen LogP contribution >= 0.6 is 0 Å². The van der Waals surface area contributed by atoms with Crippen LogP contribution in [0.1, 0.15) is 33.6 Å². The molecule has 10 heteroatoms. The van der Waals surface area contributed by atoms with Crippen molar-refractivity contribution in [1.82, 2.24) is 15.1 Å². The Morgan fingerprint density at radius 2 is 2.00 bits per heavy atom. The topological polar surface area (TPSA) is 106 Å². The maximum atomic E-state index is 12.6. The van der Waals surface area contributed by atoms with Crippen molar-refractivity contribution in [3.05, 3.63) is 48.7 Å². The van der Waals surface area contributed by atoms with E-state index in [4.69, 9.17) is 4.74 Å². The largest absolute Gasteiger partial charge is 0.442 e. The molecule has 0 bridgehead atoms. The van der Waals surface area contributed by atoms with Gasteiger partial charge in [0.05, 0.1) is 29.3 Å². The monoisotopic (exact) mass is 485 g/mol. The first-order valence-electron chi connectivity index (χ1n) is 11.3. The molecule has 0 spiro atoms. The molecule has 182 valence electrons. The van der Waals surface area contributed by atoms with E-state index in [2.05, 4.69) is 20.0 Å². The third-order valence-corrected chi connectivity index (χ3v) is 6.08. The molecule has 1 fully saturated rings. The highest BCUT2D eigenvalue weighted by molar-refractivity contribution is 7.92. The van der Waals surface area contributed by atoms with Crippen molar-refractivity contribution in [3.8, 4) is 0 Å². The molecule has 1 aliphatic rings. The SMILES string of the molecule is CC(C)(C)OC(=O)n1ncc2cc(N(c3ccccc3NS(C)(=O)=O)C3CCCNC3)ccc21. The maximum Gasteiger partial charge on any atom is 0.435 e. The third-order valence-electron chi connectivity index (χ3n) is 5.49. The molecular weight excluding hydrogens is 454 g/mol. The first-order valence-corrected chi connectivity index (χ1v) is 13.2. The highest BCUT2D eigenvalue weighted by atomic mass is 32.2. The van der Waals surface area contributed by atoms with Gasteiger partial charge in [-0.1, -0.05) is 12.1 Å².